The number of phenolic OH excluding ortho intramolecular Hbond substituents is 1. The molecule has 2 unspecified atom stereocenters. The lowest BCUT2D eigenvalue weighted by molar-refractivity contribution is 0.381. The molecule has 96 valence electrons. The van der Waals surface area contributed by atoms with Crippen LogP contribution in [0.5, 0.6) is 5.75 Å². The van der Waals surface area contributed by atoms with Crippen LogP contribution in [-0.2, 0) is 6.42 Å². The Bertz CT molecular complexity index is 439. The number of rotatable bonds is 5. The highest BCUT2D eigenvalue weighted by Crippen LogP contribution is 2.39. The van der Waals surface area contributed by atoms with E-state index in [2.05, 4.69) is 24.5 Å². The molecule has 1 aromatic carbocycles. The van der Waals surface area contributed by atoms with Crippen molar-refractivity contribution in [1.82, 2.24) is 5.32 Å². The smallest absolute Gasteiger partial charge is 0.119 e. The van der Waals surface area contributed by atoms with Crippen molar-refractivity contribution in [1.29, 1.82) is 0 Å². The molecule has 2 atom stereocenters. The number of allylic oxidation sites excluding steroid dienone is 1. The van der Waals surface area contributed by atoms with Crippen LogP contribution >= 0.6 is 0 Å². The number of aryl methyl sites for hydroxylation is 1. The van der Waals surface area contributed by atoms with E-state index in [0.29, 0.717) is 17.7 Å². The SMILES string of the molecule is C=CCNC1CCc2cccc(O)c2C1CC=C. The van der Waals surface area contributed by atoms with Crippen LogP contribution in [0.25, 0.3) is 0 Å². The Morgan fingerprint density at radius 3 is 2.89 bits per heavy atom. The Morgan fingerprint density at radius 1 is 1.33 bits per heavy atom. The highest BCUT2D eigenvalue weighted by Gasteiger charge is 2.30. The van der Waals surface area contributed by atoms with E-state index in [1.54, 1.807) is 6.07 Å². The Morgan fingerprint density at radius 2 is 2.17 bits per heavy atom. The lowest BCUT2D eigenvalue weighted by Gasteiger charge is -2.34. The molecule has 0 radical (unpaired) electrons. The maximum absolute atomic E-state index is 10.1. The Labute approximate surface area is 109 Å². The van der Waals surface area contributed by atoms with E-state index in [4.69, 9.17) is 0 Å². The second-order valence-corrected chi connectivity index (χ2v) is 4.82. The standard InChI is InChI=1S/C16H21NO/c1-3-6-13-14(17-11-4-2)10-9-12-7-5-8-15(18)16(12)13/h3-5,7-8,13-14,17-18H,1-2,6,9-11H2. The van der Waals surface area contributed by atoms with Gasteiger partial charge in [0.25, 0.3) is 0 Å². The summed E-state index contributed by atoms with van der Waals surface area (Å²) < 4.78 is 0. The second kappa shape index (κ2) is 5.87. The van der Waals surface area contributed by atoms with Gasteiger partial charge in [-0.3, -0.25) is 0 Å². The van der Waals surface area contributed by atoms with E-state index in [9.17, 15) is 5.11 Å². The van der Waals surface area contributed by atoms with Gasteiger partial charge in [-0.25, -0.2) is 0 Å². The minimum atomic E-state index is 0.312. The first-order chi connectivity index (χ1) is 8.77. The summed E-state index contributed by atoms with van der Waals surface area (Å²) in [5, 5.41) is 13.6. The molecule has 0 saturated carbocycles. The number of nitrogens with one attached hydrogen (secondary N) is 1. The minimum absolute atomic E-state index is 0.312. The fourth-order valence-corrected chi connectivity index (χ4v) is 2.90. The average molecular weight is 243 g/mol. The Kier molecular flexibility index (Phi) is 4.21. The van der Waals surface area contributed by atoms with Gasteiger partial charge >= 0.3 is 0 Å². The van der Waals surface area contributed by atoms with E-state index in [-0.39, 0.29) is 0 Å². The number of phenols is 1. The predicted octanol–water partition coefficient (Wildman–Crippen LogP) is 3.14. The molecule has 0 heterocycles. The topological polar surface area (TPSA) is 32.3 Å². The molecule has 2 nitrogen and oxygen atoms in total. The zero-order valence-corrected chi connectivity index (χ0v) is 10.7. The molecular formula is C16H21NO. The van der Waals surface area contributed by atoms with Gasteiger partial charge in [-0.15, -0.1) is 13.2 Å². The van der Waals surface area contributed by atoms with Crippen LogP contribution in [0.4, 0.5) is 0 Å². The molecule has 2 heteroatoms. The summed E-state index contributed by atoms with van der Waals surface area (Å²) in [6.45, 7) is 8.40. The zero-order chi connectivity index (χ0) is 13.0. The normalized spacial score (nSPS) is 22.2. The summed E-state index contributed by atoms with van der Waals surface area (Å²) in [5.74, 6) is 0.733. The van der Waals surface area contributed by atoms with Gasteiger partial charge in [-0.2, -0.15) is 0 Å². The molecule has 0 amide bonds. The molecule has 1 aliphatic carbocycles. The van der Waals surface area contributed by atoms with Crippen molar-refractivity contribution in [3.63, 3.8) is 0 Å². The van der Waals surface area contributed by atoms with Crippen molar-refractivity contribution in [2.24, 2.45) is 0 Å². The maximum Gasteiger partial charge on any atom is 0.119 e. The maximum atomic E-state index is 10.1. The van der Waals surface area contributed by atoms with Gasteiger partial charge in [0.15, 0.2) is 0 Å². The summed E-state index contributed by atoms with van der Waals surface area (Å²) >= 11 is 0. The van der Waals surface area contributed by atoms with E-state index in [1.165, 1.54) is 5.56 Å². The van der Waals surface area contributed by atoms with Crippen molar-refractivity contribution < 1.29 is 5.11 Å². The first-order valence-electron chi connectivity index (χ1n) is 6.53. The van der Waals surface area contributed by atoms with Crippen LogP contribution in [0.2, 0.25) is 0 Å². The molecule has 0 fully saturated rings. The van der Waals surface area contributed by atoms with Crippen molar-refractivity contribution in [2.75, 3.05) is 6.54 Å². The lowest BCUT2D eigenvalue weighted by atomic mass is 9.77. The number of aromatic hydroxyl groups is 1. The Balaban J connectivity index is 2.31. The quantitative estimate of drug-likeness (QED) is 0.779. The van der Waals surface area contributed by atoms with Gasteiger partial charge in [-0.05, 0) is 30.9 Å². The van der Waals surface area contributed by atoms with E-state index >= 15 is 0 Å². The third-order valence-electron chi connectivity index (χ3n) is 3.70. The van der Waals surface area contributed by atoms with Crippen molar-refractivity contribution >= 4 is 0 Å². The fourth-order valence-electron chi connectivity index (χ4n) is 2.90. The van der Waals surface area contributed by atoms with Gasteiger partial charge < -0.3 is 10.4 Å². The van der Waals surface area contributed by atoms with Gasteiger partial charge in [0.05, 0.1) is 0 Å². The largest absolute Gasteiger partial charge is 0.508 e. The lowest BCUT2D eigenvalue weighted by Crippen LogP contribution is -2.38. The molecule has 18 heavy (non-hydrogen) atoms. The van der Waals surface area contributed by atoms with Gasteiger partial charge in [0.2, 0.25) is 0 Å². The molecule has 1 aliphatic rings. The van der Waals surface area contributed by atoms with Crippen molar-refractivity contribution in [3.8, 4) is 5.75 Å². The third-order valence-corrected chi connectivity index (χ3v) is 3.70. The number of hydrogen-bond donors (Lipinski definition) is 2. The van der Waals surface area contributed by atoms with Crippen LogP contribution in [0, 0.1) is 0 Å². The Hall–Kier alpha value is -1.54. The molecule has 0 spiro atoms. The molecule has 0 aromatic heterocycles. The summed E-state index contributed by atoms with van der Waals surface area (Å²) in [4.78, 5) is 0. The van der Waals surface area contributed by atoms with E-state index in [1.807, 2.05) is 18.2 Å². The van der Waals surface area contributed by atoms with Crippen LogP contribution < -0.4 is 5.32 Å². The molecular weight excluding hydrogens is 222 g/mol. The summed E-state index contributed by atoms with van der Waals surface area (Å²) in [7, 11) is 0. The zero-order valence-electron chi connectivity index (χ0n) is 10.7. The molecule has 1 aromatic rings. The van der Waals surface area contributed by atoms with Gasteiger partial charge in [-0.1, -0.05) is 24.3 Å². The van der Waals surface area contributed by atoms with Crippen LogP contribution in [0.3, 0.4) is 0 Å². The molecule has 2 rings (SSSR count). The molecule has 0 aliphatic heterocycles. The molecule has 0 bridgehead atoms. The van der Waals surface area contributed by atoms with Crippen LogP contribution in [0.15, 0.2) is 43.5 Å². The summed E-state index contributed by atoms with van der Waals surface area (Å²) in [5.41, 5.74) is 2.38. The summed E-state index contributed by atoms with van der Waals surface area (Å²) in [6.07, 6.45) is 6.83. The highest BCUT2D eigenvalue weighted by atomic mass is 16.3. The molecule has 2 N–H and O–H groups in total. The number of fused-ring (bicyclic) bond motifs is 1. The van der Waals surface area contributed by atoms with Crippen LogP contribution in [0.1, 0.15) is 29.9 Å². The predicted molar refractivity (Wildman–Crippen MR) is 76.0 cm³/mol. The number of benzene rings is 1. The third kappa shape index (κ3) is 2.49. The second-order valence-electron chi connectivity index (χ2n) is 4.82. The monoisotopic (exact) mass is 243 g/mol. The minimum Gasteiger partial charge on any atom is -0.508 e. The number of hydrogen-bond acceptors (Lipinski definition) is 2. The fraction of sp³-hybridized carbons (Fsp3) is 0.375. The van der Waals surface area contributed by atoms with Crippen LogP contribution in [-0.4, -0.2) is 17.7 Å². The van der Waals surface area contributed by atoms with Gasteiger partial charge in [0.1, 0.15) is 5.75 Å². The average Bonchev–Trinajstić information content (AvgIpc) is 2.38. The molecule has 0 saturated heterocycles. The van der Waals surface area contributed by atoms with Gasteiger partial charge in [0, 0.05) is 24.1 Å². The first-order valence-corrected chi connectivity index (χ1v) is 6.53. The first kappa shape index (κ1) is 12.9. The summed E-state index contributed by atoms with van der Waals surface area (Å²) in [6, 6.07) is 6.22. The highest BCUT2D eigenvalue weighted by molar-refractivity contribution is 5.45. The van der Waals surface area contributed by atoms with Crippen molar-refractivity contribution in [2.45, 2.75) is 31.2 Å². The van der Waals surface area contributed by atoms with Crippen molar-refractivity contribution in [3.05, 3.63) is 54.6 Å². The van der Waals surface area contributed by atoms with E-state index in [0.717, 1.165) is 31.4 Å². The van der Waals surface area contributed by atoms with E-state index < -0.39 is 0 Å².